The summed E-state index contributed by atoms with van der Waals surface area (Å²) in [6.45, 7) is 4.43. The van der Waals surface area contributed by atoms with Gasteiger partial charge in [0, 0.05) is 6.20 Å². The van der Waals surface area contributed by atoms with Gasteiger partial charge < -0.3 is 19.9 Å². The van der Waals surface area contributed by atoms with Crippen LogP contribution in [0.2, 0.25) is 0 Å². The van der Waals surface area contributed by atoms with Crippen LogP contribution in [0.15, 0.2) is 36.5 Å². The molecule has 1 unspecified atom stereocenters. The van der Waals surface area contributed by atoms with Crippen molar-refractivity contribution in [3.05, 3.63) is 53.3 Å². The number of ether oxygens (including phenoxy) is 2. The standard InChI is InChI=1S/C19H22N2O5/c1-4-9-26-16-6-5-13(11-17(16)25-3)12(2)21-18(22)15-10-14(19(23)24)7-8-20-15/h5-8,10-12H,4,9H2,1-3H3,(H,21,22)(H,23,24). The van der Waals surface area contributed by atoms with Crippen molar-refractivity contribution in [2.75, 3.05) is 13.7 Å². The normalized spacial score (nSPS) is 11.5. The van der Waals surface area contributed by atoms with Crippen LogP contribution in [0, 0.1) is 0 Å². The average molecular weight is 358 g/mol. The summed E-state index contributed by atoms with van der Waals surface area (Å²) in [7, 11) is 1.56. The number of carbonyl (C=O) groups excluding carboxylic acids is 1. The van der Waals surface area contributed by atoms with Gasteiger partial charge in [-0.2, -0.15) is 0 Å². The third-order valence-corrected chi connectivity index (χ3v) is 3.74. The molecule has 1 amide bonds. The molecule has 0 spiro atoms. The Balaban J connectivity index is 2.13. The fourth-order valence-electron chi connectivity index (χ4n) is 2.33. The van der Waals surface area contributed by atoms with Crippen LogP contribution < -0.4 is 14.8 Å². The molecule has 7 nitrogen and oxygen atoms in total. The molecule has 2 rings (SSSR count). The van der Waals surface area contributed by atoms with Gasteiger partial charge in [0.15, 0.2) is 11.5 Å². The quantitative estimate of drug-likeness (QED) is 0.753. The maximum absolute atomic E-state index is 12.3. The second-order valence-electron chi connectivity index (χ2n) is 5.69. The molecule has 0 fully saturated rings. The van der Waals surface area contributed by atoms with Gasteiger partial charge in [-0.1, -0.05) is 13.0 Å². The molecular weight excluding hydrogens is 336 g/mol. The van der Waals surface area contributed by atoms with Crippen molar-refractivity contribution in [3.8, 4) is 11.5 Å². The van der Waals surface area contributed by atoms with Crippen molar-refractivity contribution in [2.45, 2.75) is 26.3 Å². The Kier molecular flexibility index (Phi) is 6.54. The summed E-state index contributed by atoms with van der Waals surface area (Å²) >= 11 is 0. The second-order valence-corrected chi connectivity index (χ2v) is 5.69. The topological polar surface area (TPSA) is 97.8 Å². The molecule has 0 saturated heterocycles. The minimum absolute atomic E-state index is 0.0110. The highest BCUT2D eigenvalue weighted by atomic mass is 16.5. The van der Waals surface area contributed by atoms with Crippen molar-refractivity contribution in [1.29, 1.82) is 0 Å². The Morgan fingerprint density at radius 1 is 1.23 bits per heavy atom. The van der Waals surface area contributed by atoms with Gasteiger partial charge in [-0.3, -0.25) is 9.78 Å². The lowest BCUT2D eigenvalue weighted by Crippen LogP contribution is -2.27. The predicted molar refractivity (Wildman–Crippen MR) is 95.9 cm³/mol. The lowest BCUT2D eigenvalue weighted by atomic mass is 10.1. The van der Waals surface area contributed by atoms with E-state index in [9.17, 15) is 9.59 Å². The van der Waals surface area contributed by atoms with Crippen LogP contribution in [0.4, 0.5) is 0 Å². The summed E-state index contributed by atoms with van der Waals surface area (Å²) in [5.41, 5.74) is 0.886. The Hall–Kier alpha value is -3.09. The monoisotopic (exact) mass is 358 g/mol. The summed E-state index contributed by atoms with van der Waals surface area (Å²) in [6.07, 6.45) is 2.19. The number of amides is 1. The maximum Gasteiger partial charge on any atom is 0.335 e. The number of carbonyl (C=O) groups is 2. The minimum Gasteiger partial charge on any atom is -0.493 e. The zero-order chi connectivity index (χ0) is 19.1. The number of carboxylic acid groups (broad SMARTS) is 1. The lowest BCUT2D eigenvalue weighted by Gasteiger charge is -2.17. The van der Waals surface area contributed by atoms with Crippen molar-refractivity contribution in [2.24, 2.45) is 0 Å². The highest BCUT2D eigenvalue weighted by Crippen LogP contribution is 2.30. The van der Waals surface area contributed by atoms with Gasteiger partial charge in [0.25, 0.3) is 5.91 Å². The van der Waals surface area contributed by atoms with Crippen LogP contribution in [0.3, 0.4) is 0 Å². The summed E-state index contributed by atoms with van der Waals surface area (Å²) < 4.78 is 11.0. The zero-order valence-electron chi connectivity index (χ0n) is 15.0. The van der Waals surface area contributed by atoms with Gasteiger partial charge in [-0.25, -0.2) is 4.79 Å². The van der Waals surface area contributed by atoms with Gasteiger partial charge in [0.2, 0.25) is 0 Å². The van der Waals surface area contributed by atoms with Gasteiger partial charge >= 0.3 is 5.97 Å². The molecule has 1 atom stereocenters. The van der Waals surface area contributed by atoms with Crippen LogP contribution in [0.5, 0.6) is 11.5 Å². The molecule has 1 aromatic carbocycles. The first-order valence-corrected chi connectivity index (χ1v) is 8.27. The number of aromatic nitrogens is 1. The molecule has 0 radical (unpaired) electrons. The van der Waals surface area contributed by atoms with Gasteiger partial charge in [0.05, 0.1) is 25.3 Å². The average Bonchev–Trinajstić information content (AvgIpc) is 2.66. The molecule has 2 aromatic rings. The van der Waals surface area contributed by atoms with E-state index in [4.69, 9.17) is 14.6 Å². The molecule has 26 heavy (non-hydrogen) atoms. The number of hydrogen-bond donors (Lipinski definition) is 2. The molecule has 0 saturated carbocycles. The largest absolute Gasteiger partial charge is 0.493 e. The number of benzene rings is 1. The summed E-state index contributed by atoms with van der Waals surface area (Å²) in [5.74, 6) is -0.330. The SMILES string of the molecule is CCCOc1ccc(C(C)NC(=O)c2cc(C(=O)O)ccn2)cc1OC. The minimum atomic E-state index is -1.11. The molecule has 138 valence electrons. The smallest absolute Gasteiger partial charge is 0.335 e. The van der Waals surface area contributed by atoms with E-state index in [-0.39, 0.29) is 17.3 Å². The first kappa shape index (κ1) is 19.2. The van der Waals surface area contributed by atoms with Crippen LogP contribution in [0.25, 0.3) is 0 Å². The zero-order valence-corrected chi connectivity index (χ0v) is 15.0. The first-order valence-electron chi connectivity index (χ1n) is 8.27. The van der Waals surface area contributed by atoms with E-state index < -0.39 is 11.9 Å². The molecular formula is C19H22N2O5. The van der Waals surface area contributed by atoms with Crippen molar-refractivity contribution >= 4 is 11.9 Å². The highest BCUT2D eigenvalue weighted by molar-refractivity contribution is 5.95. The Morgan fingerprint density at radius 2 is 2.00 bits per heavy atom. The van der Waals surface area contributed by atoms with E-state index in [1.54, 1.807) is 19.2 Å². The molecule has 1 aromatic heterocycles. The first-order chi connectivity index (χ1) is 12.5. The van der Waals surface area contributed by atoms with Crippen LogP contribution in [-0.4, -0.2) is 35.7 Å². The van der Waals surface area contributed by atoms with Crippen molar-refractivity contribution in [3.63, 3.8) is 0 Å². The summed E-state index contributed by atoms with van der Waals surface area (Å²) in [5, 5.41) is 11.8. The van der Waals surface area contributed by atoms with E-state index >= 15 is 0 Å². The number of aromatic carboxylic acids is 1. The van der Waals surface area contributed by atoms with Crippen molar-refractivity contribution in [1.82, 2.24) is 10.3 Å². The van der Waals surface area contributed by atoms with Gasteiger partial charge in [0.1, 0.15) is 5.69 Å². The number of hydrogen-bond acceptors (Lipinski definition) is 5. The Morgan fingerprint density at radius 3 is 2.65 bits per heavy atom. The highest BCUT2D eigenvalue weighted by Gasteiger charge is 2.16. The van der Waals surface area contributed by atoms with Crippen LogP contribution >= 0.6 is 0 Å². The number of nitrogens with one attached hydrogen (secondary N) is 1. The van der Waals surface area contributed by atoms with E-state index in [0.717, 1.165) is 12.0 Å². The van der Waals surface area contributed by atoms with E-state index in [1.165, 1.54) is 18.3 Å². The van der Waals surface area contributed by atoms with E-state index in [1.807, 2.05) is 19.9 Å². The maximum atomic E-state index is 12.3. The molecule has 0 aliphatic carbocycles. The molecule has 2 N–H and O–H groups in total. The second kappa shape index (κ2) is 8.84. The van der Waals surface area contributed by atoms with Crippen LogP contribution in [0.1, 0.15) is 52.7 Å². The fraction of sp³-hybridized carbons (Fsp3) is 0.316. The third kappa shape index (κ3) is 4.72. The third-order valence-electron chi connectivity index (χ3n) is 3.74. The summed E-state index contributed by atoms with van der Waals surface area (Å²) in [6, 6.07) is 7.70. The molecule has 1 heterocycles. The number of nitrogens with zero attached hydrogens (tertiary/aromatic N) is 1. The number of carboxylic acids is 1. The molecule has 0 bridgehead atoms. The molecule has 7 heteroatoms. The molecule has 0 aliphatic heterocycles. The van der Waals surface area contributed by atoms with Gasteiger partial charge in [-0.15, -0.1) is 0 Å². The number of rotatable bonds is 8. The Bertz CT molecular complexity index is 791. The predicted octanol–water partition coefficient (Wildman–Crippen LogP) is 3.07. The van der Waals surface area contributed by atoms with E-state index in [2.05, 4.69) is 10.3 Å². The Labute approximate surface area is 152 Å². The van der Waals surface area contributed by atoms with Gasteiger partial charge in [-0.05, 0) is 43.2 Å². The van der Waals surface area contributed by atoms with Crippen LogP contribution in [-0.2, 0) is 0 Å². The molecule has 0 aliphatic rings. The van der Waals surface area contributed by atoms with Crippen molar-refractivity contribution < 1.29 is 24.2 Å². The van der Waals surface area contributed by atoms with E-state index in [0.29, 0.717) is 18.1 Å². The lowest BCUT2D eigenvalue weighted by molar-refractivity contribution is 0.0696. The number of methoxy groups -OCH3 is 1. The number of pyridine rings is 1. The fourth-order valence-corrected chi connectivity index (χ4v) is 2.33. The summed E-state index contributed by atoms with van der Waals surface area (Å²) in [4.78, 5) is 27.3.